The van der Waals surface area contributed by atoms with Gasteiger partial charge in [-0.2, -0.15) is 0 Å². The highest BCUT2D eigenvalue weighted by Gasteiger charge is 2.10. The van der Waals surface area contributed by atoms with Crippen molar-refractivity contribution in [1.29, 1.82) is 0 Å². The summed E-state index contributed by atoms with van der Waals surface area (Å²) in [5, 5.41) is 3.37. The van der Waals surface area contributed by atoms with Gasteiger partial charge in [0.15, 0.2) is 0 Å². The summed E-state index contributed by atoms with van der Waals surface area (Å²) in [7, 11) is 1.68. The molecule has 0 saturated carbocycles. The summed E-state index contributed by atoms with van der Waals surface area (Å²) >= 11 is 3.53. The van der Waals surface area contributed by atoms with Crippen LogP contribution >= 0.6 is 15.9 Å². The van der Waals surface area contributed by atoms with Gasteiger partial charge in [0.2, 0.25) is 0 Å². The summed E-state index contributed by atoms with van der Waals surface area (Å²) < 4.78 is 6.31. The van der Waals surface area contributed by atoms with Crippen molar-refractivity contribution in [2.75, 3.05) is 12.4 Å². The molecule has 0 unspecified atom stereocenters. The summed E-state index contributed by atoms with van der Waals surface area (Å²) in [6, 6.07) is 6.06. The Labute approximate surface area is 122 Å². The van der Waals surface area contributed by atoms with Crippen molar-refractivity contribution >= 4 is 27.4 Å². The van der Waals surface area contributed by atoms with Gasteiger partial charge in [0, 0.05) is 17.4 Å². The van der Waals surface area contributed by atoms with Crippen LogP contribution in [-0.4, -0.2) is 12.1 Å². The standard InChI is InChI=1S/C15H17BrN2O/c1-9-7-12(16)15(17-8-9)18-14-10(2)5-6-13(19-4)11(14)3/h5-8H,1-4H3,(H,17,18). The molecule has 3 nitrogen and oxygen atoms in total. The maximum absolute atomic E-state index is 5.36. The number of halogens is 1. The Kier molecular flexibility index (Phi) is 4.10. The van der Waals surface area contributed by atoms with Crippen LogP contribution in [0.15, 0.2) is 28.9 Å². The summed E-state index contributed by atoms with van der Waals surface area (Å²) in [4.78, 5) is 4.41. The molecule has 1 aromatic heterocycles. The molecule has 19 heavy (non-hydrogen) atoms. The summed E-state index contributed by atoms with van der Waals surface area (Å²) in [5.74, 6) is 1.68. The van der Waals surface area contributed by atoms with Crippen molar-refractivity contribution in [2.45, 2.75) is 20.8 Å². The van der Waals surface area contributed by atoms with E-state index < -0.39 is 0 Å². The average Bonchev–Trinajstić information content (AvgIpc) is 2.37. The number of benzene rings is 1. The zero-order valence-electron chi connectivity index (χ0n) is 11.5. The molecule has 0 atom stereocenters. The molecule has 0 aliphatic carbocycles. The van der Waals surface area contributed by atoms with Gasteiger partial charge in [-0.15, -0.1) is 0 Å². The number of nitrogens with zero attached hydrogens (tertiary/aromatic N) is 1. The number of hydrogen-bond donors (Lipinski definition) is 1. The van der Waals surface area contributed by atoms with Gasteiger partial charge < -0.3 is 10.1 Å². The highest BCUT2D eigenvalue weighted by atomic mass is 79.9. The number of ether oxygens (including phenoxy) is 1. The van der Waals surface area contributed by atoms with Crippen molar-refractivity contribution in [3.05, 3.63) is 45.6 Å². The predicted octanol–water partition coefficient (Wildman–Crippen LogP) is 4.52. The minimum absolute atomic E-state index is 0.810. The Morgan fingerprint density at radius 1 is 1.21 bits per heavy atom. The first kappa shape index (κ1) is 13.9. The first-order valence-electron chi connectivity index (χ1n) is 6.06. The Morgan fingerprint density at radius 2 is 1.95 bits per heavy atom. The number of methoxy groups -OCH3 is 1. The van der Waals surface area contributed by atoms with Crippen LogP contribution in [0.2, 0.25) is 0 Å². The molecule has 1 aromatic carbocycles. The SMILES string of the molecule is COc1ccc(C)c(Nc2ncc(C)cc2Br)c1C. The number of rotatable bonds is 3. The van der Waals surface area contributed by atoms with E-state index in [1.54, 1.807) is 7.11 Å². The fourth-order valence-electron chi connectivity index (χ4n) is 1.99. The summed E-state index contributed by atoms with van der Waals surface area (Å²) in [5.41, 5.74) is 4.40. The lowest BCUT2D eigenvalue weighted by Crippen LogP contribution is -2.01. The van der Waals surface area contributed by atoms with Gasteiger partial charge in [-0.1, -0.05) is 6.07 Å². The molecule has 0 bridgehead atoms. The molecule has 0 aliphatic heterocycles. The molecule has 2 aromatic rings. The number of anilines is 2. The maximum atomic E-state index is 5.36. The normalized spacial score (nSPS) is 10.4. The van der Waals surface area contributed by atoms with Crippen molar-refractivity contribution in [3.63, 3.8) is 0 Å². The van der Waals surface area contributed by atoms with Gasteiger partial charge in [-0.05, 0) is 60.0 Å². The molecule has 0 aliphatic rings. The van der Waals surface area contributed by atoms with E-state index in [-0.39, 0.29) is 0 Å². The van der Waals surface area contributed by atoms with Gasteiger partial charge in [0.25, 0.3) is 0 Å². The molecular weight excluding hydrogens is 304 g/mol. The fourth-order valence-corrected chi connectivity index (χ4v) is 2.55. The number of aryl methyl sites for hydroxylation is 2. The second-order valence-electron chi connectivity index (χ2n) is 4.55. The molecule has 1 N–H and O–H groups in total. The van der Waals surface area contributed by atoms with Crippen LogP contribution in [0.1, 0.15) is 16.7 Å². The monoisotopic (exact) mass is 320 g/mol. The van der Waals surface area contributed by atoms with Crippen LogP contribution in [0.3, 0.4) is 0 Å². The van der Waals surface area contributed by atoms with Crippen molar-refractivity contribution in [2.24, 2.45) is 0 Å². The van der Waals surface area contributed by atoms with E-state index in [2.05, 4.69) is 33.2 Å². The summed E-state index contributed by atoms with van der Waals surface area (Å²) in [6.07, 6.45) is 1.85. The van der Waals surface area contributed by atoms with Crippen LogP contribution in [-0.2, 0) is 0 Å². The highest BCUT2D eigenvalue weighted by molar-refractivity contribution is 9.10. The maximum Gasteiger partial charge on any atom is 0.144 e. The minimum Gasteiger partial charge on any atom is -0.496 e. The van der Waals surface area contributed by atoms with Crippen LogP contribution in [0.4, 0.5) is 11.5 Å². The molecule has 0 radical (unpaired) electrons. The van der Waals surface area contributed by atoms with E-state index in [1.807, 2.05) is 38.2 Å². The molecule has 0 amide bonds. The van der Waals surface area contributed by atoms with E-state index in [4.69, 9.17) is 4.74 Å². The van der Waals surface area contributed by atoms with Gasteiger partial charge in [-0.25, -0.2) is 4.98 Å². The Morgan fingerprint density at radius 3 is 2.58 bits per heavy atom. The zero-order chi connectivity index (χ0) is 14.0. The van der Waals surface area contributed by atoms with Crippen LogP contribution in [0.5, 0.6) is 5.75 Å². The lowest BCUT2D eigenvalue weighted by Gasteiger charge is -2.16. The topological polar surface area (TPSA) is 34.1 Å². The number of pyridine rings is 1. The van der Waals surface area contributed by atoms with E-state index in [9.17, 15) is 0 Å². The number of hydrogen-bond acceptors (Lipinski definition) is 3. The third-order valence-electron chi connectivity index (χ3n) is 3.06. The number of nitrogens with one attached hydrogen (secondary N) is 1. The Balaban J connectivity index is 2.43. The van der Waals surface area contributed by atoms with Gasteiger partial charge >= 0.3 is 0 Å². The van der Waals surface area contributed by atoms with Crippen molar-refractivity contribution in [1.82, 2.24) is 4.98 Å². The van der Waals surface area contributed by atoms with E-state index >= 15 is 0 Å². The van der Waals surface area contributed by atoms with Crippen LogP contribution in [0.25, 0.3) is 0 Å². The van der Waals surface area contributed by atoms with Crippen molar-refractivity contribution < 1.29 is 4.74 Å². The molecule has 1 heterocycles. The molecule has 0 saturated heterocycles. The fraction of sp³-hybridized carbons (Fsp3) is 0.267. The minimum atomic E-state index is 0.810. The average molecular weight is 321 g/mol. The highest BCUT2D eigenvalue weighted by Crippen LogP contribution is 2.32. The Hall–Kier alpha value is -1.55. The molecule has 0 spiro atoms. The molecule has 2 rings (SSSR count). The number of aromatic nitrogens is 1. The largest absolute Gasteiger partial charge is 0.496 e. The van der Waals surface area contributed by atoms with E-state index in [0.29, 0.717) is 0 Å². The van der Waals surface area contributed by atoms with Crippen LogP contribution < -0.4 is 10.1 Å². The van der Waals surface area contributed by atoms with E-state index in [1.165, 1.54) is 0 Å². The zero-order valence-corrected chi connectivity index (χ0v) is 13.1. The third kappa shape index (κ3) is 2.89. The summed E-state index contributed by atoms with van der Waals surface area (Å²) in [6.45, 7) is 6.12. The lowest BCUT2D eigenvalue weighted by molar-refractivity contribution is 0.412. The second-order valence-corrected chi connectivity index (χ2v) is 5.41. The van der Waals surface area contributed by atoms with Gasteiger partial charge in [-0.3, -0.25) is 0 Å². The molecule has 0 fully saturated rings. The third-order valence-corrected chi connectivity index (χ3v) is 3.67. The van der Waals surface area contributed by atoms with Crippen LogP contribution in [0, 0.1) is 20.8 Å². The van der Waals surface area contributed by atoms with E-state index in [0.717, 1.165) is 38.4 Å². The Bertz CT molecular complexity index is 611. The molecular formula is C15H17BrN2O. The predicted molar refractivity (Wildman–Crippen MR) is 82.4 cm³/mol. The lowest BCUT2D eigenvalue weighted by atomic mass is 10.1. The van der Waals surface area contributed by atoms with Crippen molar-refractivity contribution in [3.8, 4) is 5.75 Å². The van der Waals surface area contributed by atoms with Gasteiger partial charge in [0.1, 0.15) is 11.6 Å². The second kappa shape index (κ2) is 5.61. The van der Waals surface area contributed by atoms with Gasteiger partial charge in [0.05, 0.1) is 11.6 Å². The quantitative estimate of drug-likeness (QED) is 0.902. The molecule has 100 valence electrons. The first-order valence-corrected chi connectivity index (χ1v) is 6.85. The smallest absolute Gasteiger partial charge is 0.144 e. The first-order chi connectivity index (χ1) is 9.02. The molecule has 4 heteroatoms.